The molecule has 0 saturated heterocycles. The minimum Gasteiger partial charge on any atom is -0.550 e. The van der Waals surface area contributed by atoms with Gasteiger partial charge in [-0.25, -0.2) is 0 Å². The van der Waals surface area contributed by atoms with Crippen molar-refractivity contribution in [2.45, 2.75) is 38.9 Å². The molecule has 4 aromatic rings. The fraction of sp³-hybridized carbons (Fsp3) is 0.176. The SMILES string of the molecule is CC(C(=O)[O-])c1ccc2c(c1)C(=O)c1ccccc1CO2.CC(C(=O)[O-])c1ccc2c(c1)C(=O)c1ccccc1CO2.[Ca+2]. The van der Waals surface area contributed by atoms with Crippen molar-refractivity contribution >= 4 is 61.2 Å². The fourth-order valence-corrected chi connectivity index (χ4v) is 4.85. The van der Waals surface area contributed by atoms with E-state index in [0.29, 0.717) is 58.1 Å². The van der Waals surface area contributed by atoms with Crippen LogP contribution in [0.1, 0.15) is 79.8 Å². The van der Waals surface area contributed by atoms with Gasteiger partial charge >= 0.3 is 37.7 Å². The number of hydrogen-bond acceptors (Lipinski definition) is 8. The molecule has 6 rings (SSSR count). The van der Waals surface area contributed by atoms with E-state index in [0.717, 1.165) is 11.1 Å². The third-order valence-corrected chi connectivity index (χ3v) is 7.49. The summed E-state index contributed by atoms with van der Waals surface area (Å²) < 4.78 is 11.3. The van der Waals surface area contributed by atoms with Gasteiger partial charge in [0.05, 0.1) is 11.1 Å². The molecule has 2 aliphatic heterocycles. The van der Waals surface area contributed by atoms with Crippen LogP contribution < -0.4 is 19.7 Å². The largest absolute Gasteiger partial charge is 2.00 e. The van der Waals surface area contributed by atoms with Crippen molar-refractivity contribution in [1.29, 1.82) is 0 Å². The number of carboxylic acids is 2. The van der Waals surface area contributed by atoms with Crippen molar-refractivity contribution in [2.75, 3.05) is 0 Å². The Morgan fingerprint density at radius 1 is 0.605 bits per heavy atom. The molecule has 4 aromatic carbocycles. The molecule has 0 radical (unpaired) electrons. The number of ether oxygens (including phenoxy) is 2. The molecule has 0 bridgehead atoms. The molecule has 2 unspecified atom stereocenters. The summed E-state index contributed by atoms with van der Waals surface area (Å²) in [4.78, 5) is 47.2. The molecule has 0 fully saturated rings. The van der Waals surface area contributed by atoms with Crippen LogP contribution in [0.2, 0.25) is 0 Å². The second-order valence-electron chi connectivity index (χ2n) is 10.1. The number of carbonyl (C=O) groups is 4. The van der Waals surface area contributed by atoms with E-state index >= 15 is 0 Å². The van der Waals surface area contributed by atoms with Gasteiger partial charge in [-0.15, -0.1) is 0 Å². The van der Waals surface area contributed by atoms with Crippen LogP contribution in [-0.2, 0) is 22.8 Å². The van der Waals surface area contributed by atoms with E-state index in [1.807, 2.05) is 24.3 Å². The average molecular weight is 603 g/mol. The quantitative estimate of drug-likeness (QED) is 0.326. The maximum absolute atomic E-state index is 12.6. The van der Waals surface area contributed by atoms with Gasteiger partial charge in [-0.05, 0) is 35.4 Å². The number of hydrogen-bond donors (Lipinski definition) is 0. The van der Waals surface area contributed by atoms with Crippen LogP contribution in [0.15, 0.2) is 84.9 Å². The number of ketones is 2. The maximum Gasteiger partial charge on any atom is 2.00 e. The normalized spacial score (nSPS) is 14.1. The van der Waals surface area contributed by atoms with Crippen LogP contribution in [0, 0.1) is 0 Å². The zero-order valence-corrected chi connectivity index (χ0v) is 25.8. The molecule has 9 heteroatoms. The topological polar surface area (TPSA) is 133 Å². The monoisotopic (exact) mass is 602 g/mol. The molecule has 43 heavy (non-hydrogen) atoms. The molecule has 0 spiro atoms. The third kappa shape index (κ3) is 6.67. The summed E-state index contributed by atoms with van der Waals surface area (Å²) in [6.45, 7) is 3.72. The van der Waals surface area contributed by atoms with Crippen LogP contribution in [0.5, 0.6) is 11.5 Å². The Morgan fingerprint density at radius 2 is 0.977 bits per heavy atom. The summed E-state index contributed by atoms with van der Waals surface area (Å²) in [7, 11) is 0. The average Bonchev–Trinajstić information content (AvgIpc) is 3.24. The first kappa shape index (κ1) is 31.9. The van der Waals surface area contributed by atoms with Crippen molar-refractivity contribution in [3.05, 3.63) is 129 Å². The van der Waals surface area contributed by atoms with Crippen molar-refractivity contribution in [1.82, 2.24) is 0 Å². The Hall–Kier alpha value is -3.98. The van der Waals surface area contributed by atoms with Gasteiger partial charge in [0.2, 0.25) is 0 Å². The second kappa shape index (κ2) is 13.5. The standard InChI is InChI=1S/2C17H14O4.Ca/c2*1-10(17(19)20)11-6-7-15-14(8-11)16(18)13-5-3-2-4-12(13)9-21-15;/h2*2-8,10H,9H2,1H3,(H,19,20);/q;;+2/p-2. The first-order chi connectivity index (χ1) is 20.2. The molecule has 0 N–H and O–H groups in total. The molecular weight excluding hydrogens is 576 g/mol. The smallest absolute Gasteiger partial charge is 0.550 e. The van der Waals surface area contributed by atoms with Gasteiger partial charge in [0.1, 0.15) is 24.7 Å². The Bertz CT molecular complexity index is 1600. The number of aliphatic carboxylic acids is 2. The molecule has 0 amide bonds. The molecule has 8 nitrogen and oxygen atoms in total. The maximum atomic E-state index is 12.6. The predicted octanol–water partition coefficient (Wildman–Crippen LogP) is 2.95. The Labute approximate surface area is 278 Å². The number of fused-ring (bicyclic) bond motifs is 4. The van der Waals surface area contributed by atoms with Gasteiger partial charge in [0.25, 0.3) is 0 Å². The van der Waals surface area contributed by atoms with Gasteiger partial charge in [0.15, 0.2) is 11.6 Å². The van der Waals surface area contributed by atoms with Gasteiger partial charge in [0, 0.05) is 46.0 Å². The molecule has 2 aliphatic rings. The first-order valence-electron chi connectivity index (χ1n) is 13.4. The number of carboxylic acid groups (broad SMARTS) is 2. The Balaban J connectivity index is 0.000000192. The minimum atomic E-state index is -1.17. The first-order valence-corrected chi connectivity index (χ1v) is 13.4. The number of benzene rings is 4. The van der Waals surface area contributed by atoms with E-state index in [1.54, 1.807) is 60.7 Å². The predicted molar refractivity (Wildman–Crippen MR) is 154 cm³/mol. The van der Waals surface area contributed by atoms with Crippen LogP contribution in [0.25, 0.3) is 0 Å². The van der Waals surface area contributed by atoms with E-state index in [2.05, 4.69) is 0 Å². The summed E-state index contributed by atoms with van der Waals surface area (Å²) in [5.41, 5.74) is 4.69. The Kier molecular flexibility index (Phi) is 10.1. The van der Waals surface area contributed by atoms with Crippen LogP contribution in [0.4, 0.5) is 0 Å². The molecule has 0 aromatic heterocycles. The van der Waals surface area contributed by atoms with Crippen molar-refractivity contribution in [3.8, 4) is 11.5 Å². The number of rotatable bonds is 4. The zero-order chi connectivity index (χ0) is 30.0. The van der Waals surface area contributed by atoms with Gasteiger partial charge in [-0.3, -0.25) is 9.59 Å². The molecule has 0 aliphatic carbocycles. The van der Waals surface area contributed by atoms with Gasteiger partial charge in [-0.1, -0.05) is 74.5 Å². The molecule has 212 valence electrons. The van der Waals surface area contributed by atoms with Crippen LogP contribution in [-0.4, -0.2) is 61.2 Å². The number of carbonyl (C=O) groups excluding carboxylic acids is 4. The summed E-state index contributed by atoms with van der Waals surface area (Å²) in [5, 5.41) is 22.0. The minimum absolute atomic E-state index is 0. The van der Waals surface area contributed by atoms with Crippen molar-refractivity contribution in [3.63, 3.8) is 0 Å². The van der Waals surface area contributed by atoms with Gasteiger partial charge in [-0.2, -0.15) is 0 Å². The van der Waals surface area contributed by atoms with E-state index in [9.17, 15) is 29.4 Å². The molecule has 0 saturated carbocycles. The van der Waals surface area contributed by atoms with Crippen LogP contribution in [0.3, 0.4) is 0 Å². The van der Waals surface area contributed by atoms with Crippen molar-refractivity contribution in [2.24, 2.45) is 0 Å². The Morgan fingerprint density at radius 3 is 1.35 bits per heavy atom. The van der Waals surface area contributed by atoms with E-state index in [4.69, 9.17) is 9.47 Å². The second-order valence-corrected chi connectivity index (χ2v) is 10.1. The van der Waals surface area contributed by atoms with E-state index in [1.165, 1.54) is 13.8 Å². The van der Waals surface area contributed by atoms with E-state index < -0.39 is 23.8 Å². The van der Waals surface area contributed by atoms with Crippen LogP contribution >= 0.6 is 0 Å². The molecule has 2 atom stereocenters. The van der Waals surface area contributed by atoms with Crippen molar-refractivity contribution < 1.29 is 38.9 Å². The van der Waals surface area contributed by atoms with Gasteiger partial charge < -0.3 is 29.3 Å². The molecular formula is C34H26CaO8. The zero-order valence-electron chi connectivity index (χ0n) is 23.6. The molecule has 2 heterocycles. The fourth-order valence-electron chi connectivity index (χ4n) is 4.85. The van der Waals surface area contributed by atoms with E-state index in [-0.39, 0.29) is 49.3 Å². The summed E-state index contributed by atoms with van der Waals surface area (Å²) in [6, 6.07) is 24.3. The summed E-state index contributed by atoms with van der Waals surface area (Å²) >= 11 is 0. The third-order valence-electron chi connectivity index (χ3n) is 7.49. The summed E-state index contributed by atoms with van der Waals surface area (Å²) in [6.07, 6.45) is 0. The summed E-state index contributed by atoms with van der Waals surface area (Å²) in [5.74, 6) is -3.23.